The van der Waals surface area contributed by atoms with Gasteiger partial charge in [0.2, 0.25) is 11.8 Å². The lowest BCUT2D eigenvalue weighted by Gasteiger charge is -2.36. The molecule has 3 aromatic rings. The Morgan fingerprint density at radius 3 is 2.81 bits per heavy atom. The monoisotopic (exact) mass is 359 g/mol. The number of amides is 2. The molecule has 1 aliphatic rings. The predicted octanol–water partition coefficient (Wildman–Crippen LogP) is 3.71. The maximum absolute atomic E-state index is 12.8. The summed E-state index contributed by atoms with van der Waals surface area (Å²) in [5.41, 5.74) is 3.85. The molecule has 1 unspecified atom stereocenters. The lowest BCUT2D eigenvalue weighted by Crippen LogP contribution is -2.40. The summed E-state index contributed by atoms with van der Waals surface area (Å²) < 4.78 is 0. The molecule has 136 valence electrons. The normalized spacial score (nSPS) is 16.0. The summed E-state index contributed by atoms with van der Waals surface area (Å²) in [4.78, 5) is 31.1. The van der Waals surface area contributed by atoms with Crippen molar-refractivity contribution < 1.29 is 9.59 Å². The fraction of sp³-hybridized carbons (Fsp3) is 0.227. The third kappa shape index (κ3) is 3.40. The van der Waals surface area contributed by atoms with E-state index in [2.05, 4.69) is 16.4 Å². The van der Waals surface area contributed by atoms with Crippen LogP contribution in [0.25, 0.3) is 10.9 Å². The van der Waals surface area contributed by atoms with E-state index >= 15 is 0 Å². The molecule has 1 N–H and O–H groups in total. The van der Waals surface area contributed by atoms with Gasteiger partial charge in [0.1, 0.15) is 0 Å². The molecule has 1 aliphatic heterocycles. The van der Waals surface area contributed by atoms with E-state index in [4.69, 9.17) is 0 Å². The van der Waals surface area contributed by atoms with Gasteiger partial charge in [0.15, 0.2) is 0 Å². The number of hydrogen-bond donors (Lipinski definition) is 1. The molecule has 5 nitrogen and oxygen atoms in total. The van der Waals surface area contributed by atoms with Crippen LogP contribution in [0.4, 0.5) is 5.69 Å². The average Bonchev–Trinajstić information content (AvgIpc) is 2.68. The first-order valence-corrected chi connectivity index (χ1v) is 9.12. The quantitative estimate of drug-likeness (QED) is 0.775. The molecule has 27 heavy (non-hydrogen) atoms. The lowest BCUT2D eigenvalue weighted by molar-refractivity contribution is -0.132. The highest BCUT2D eigenvalue weighted by atomic mass is 16.2. The molecule has 0 saturated carbocycles. The average molecular weight is 359 g/mol. The van der Waals surface area contributed by atoms with E-state index in [0.29, 0.717) is 6.54 Å². The largest absolute Gasteiger partial charge is 0.335 e. The number of benzene rings is 2. The Hall–Kier alpha value is -3.21. The van der Waals surface area contributed by atoms with Crippen molar-refractivity contribution in [3.63, 3.8) is 0 Å². The number of nitrogens with one attached hydrogen (secondary N) is 1. The van der Waals surface area contributed by atoms with Gasteiger partial charge in [-0.25, -0.2) is 0 Å². The Kier molecular flexibility index (Phi) is 4.59. The van der Waals surface area contributed by atoms with Crippen LogP contribution in [0.2, 0.25) is 0 Å². The predicted molar refractivity (Wildman–Crippen MR) is 105 cm³/mol. The van der Waals surface area contributed by atoms with Gasteiger partial charge < -0.3 is 10.2 Å². The van der Waals surface area contributed by atoms with Gasteiger partial charge in [0, 0.05) is 25.1 Å². The number of anilines is 1. The standard InChI is InChI=1S/C22H21N3O2/c1-15(26)25-13-11-16-6-2-3-7-17(16)21(25)14-22(27)24-20-10-4-9-19-18(20)8-5-12-23-19/h2-10,12,21H,11,13-14H2,1H3,(H,24,27). The number of carbonyl (C=O) groups is 2. The third-order valence-electron chi connectivity index (χ3n) is 5.12. The molecule has 2 amide bonds. The molecule has 0 bridgehead atoms. The van der Waals surface area contributed by atoms with Crippen molar-refractivity contribution in [2.24, 2.45) is 0 Å². The van der Waals surface area contributed by atoms with Crippen molar-refractivity contribution in [1.29, 1.82) is 0 Å². The van der Waals surface area contributed by atoms with E-state index < -0.39 is 0 Å². The van der Waals surface area contributed by atoms with Crippen LogP contribution in [0.1, 0.15) is 30.5 Å². The zero-order valence-electron chi connectivity index (χ0n) is 15.2. The highest BCUT2D eigenvalue weighted by Gasteiger charge is 2.30. The zero-order valence-corrected chi connectivity index (χ0v) is 15.2. The maximum atomic E-state index is 12.8. The van der Waals surface area contributed by atoms with Gasteiger partial charge in [-0.1, -0.05) is 30.3 Å². The first-order valence-electron chi connectivity index (χ1n) is 9.12. The first kappa shape index (κ1) is 17.2. The van der Waals surface area contributed by atoms with Crippen LogP contribution < -0.4 is 5.32 Å². The Bertz CT molecular complexity index is 1010. The second-order valence-electron chi connectivity index (χ2n) is 6.80. The van der Waals surface area contributed by atoms with Gasteiger partial charge in [-0.05, 0) is 41.8 Å². The Labute approximate surface area is 158 Å². The van der Waals surface area contributed by atoms with Crippen LogP contribution >= 0.6 is 0 Å². The van der Waals surface area contributed by atoms with Gasteiger partial charge in [0.25, 0.3) is 0 Å². The van der Waals surface area contributed by atoms with Crippen molar-refractivity contribution in [1.82, 2.24) is 9.88 Å². The second-order valence-corrected chi connectivity index (χ2v) is 6.80. The van der Waals surface area contributed by atoms with Crippen molar-refractivity contribution >= 4 is 28.4 Å². The summed E-state index contributed by atoms with van der Waals surface area (Å²) in [5, 5.41) is 3.91. The van der Waals surface area contributed by atoms with E-state index in [-0.39, 0.29) is 24.3 Å². The Morgan fingerprint density at radius 2 is 1.96 bits per heavy atom. The second kappa shape index (κ2) is 7.19. The number of rotatable bonds is 3. The van der Waals surface area contributed by atoms with Crippen LogP contribution in [0.15, 0.2) is 60.8 Å². The number of nitrogens with zero attached hydrogens (tertiary/aromatic N) is 2. The number of carbonyl (C=O) groups excluding carboxylic acids is 2. The van der Waals surface area contributed by atoms with Crippen molar-refractivity contribution in [2.45, 2.75) is 25.8 Å². The van der Waals surface area contributed by atoms with Gasteiger partial charge in [-0.3, -0.25) is 14.6 Å². The van der Waals surface area contributed by atoms with E-state index in [0.717, 1.165) is 28.6 Å². The first-order chi connectivity index (χ1) is 13.1. The number of pyridine rings is 1. The van der Waals surface area contributed by atoms with E-state index in [1.54, 1.807) is 18.0 Å². The molecule has 1 aromatic heterocycles. The fourth-order valence-electron chi connectivity index (χ4n) is 3.84. The van der Waals surface area contributed by atoms with Gasteiger partial charge in [0.05, 0.1) is 23.7 Å². The van der Waals surface area contributed by atoms with Gasteiger partial charge in [-0.15, -0.1) is 0 Å². The summed E-state index contributed by atoms with van der Waals surface area (Å²) in [6.45, 7) is 2.21. The summed E-state index contributed by atoms with van der Waals surface area (Å²) in [5.74, 6) is -0.115. The summed E-state index contributed by atoms with van der Waals surface area (Å²) in [7, 11) is 0. The summed E-state index contributed by atoms with van der Waals surface area (Å²) in [6.07, 6.45) is 2.79. The molecule has 2 heterocycles. The van der Waals surface area contributed by atoms with Gasteiger partial charge >= 0.3 is 0 Å². The van der Waals surface area contributed by atoms with Crippen LogP contribution in [-0.4, -0.2) is 28.2 Å². The lowest BCUT2D eigenvalue weighted by atomic mass is 9.90. The molecule has 0 fully saturated rings. The van der Waals surface area contributed by atoms with Crippen LogP contribution in [-0.2, 0) is 16.0 Å². The molecule has 0 aliphatic carbocycles. The Balaban J connectivity index is 1.60. The molecule has 0 saturated heterocycles. The molecular formula is C22H21N3O2. The minimum atomic E-state index is -0.236. The SMILES string of the molecule is CC(=O)N1CCc2ccccc2C1CC(=O)Nc1cccc2ncccc12. The molecule has 4 rings (SSSR count). The number of fused-ring (bicyclic) bond motifs is 2. The molecule has 1 atom stereocenters. The fourth-order valence-corrected chi connectivity index (χ4v) is 3.84. The minimum Gasteiger partial charge on any atom is -0.335 e. The molecule has 5 heteroatoms. The highest BCUT2D eigenvalue weighted by Crippen LogP contribution is 2.33. The molecule has 0 spiro atoms. The topological polar surface area (TPSA) is 62.3 Å². The van der Waals surface area contributed by atoms with E-state index in [1.165, 1.54) is 5.56 Å². The summed E-state index contributed by atoms with van der Waals surface area (Å²) in [6, 6.07) is 17.3. The third-order valence-corrected chi connectivity index (χ3v) is 5.12. The zero-order chi connectivity index (χ0) is 18.8. The van der Waals surface area contributed by atoms with Crippen LogP contribution in [0.3, 0.4) is 0 Å². The van der Waals surface area contributed by atoms with Crippen LogP contribution in [0, 0.1) is 0 Å². The number of hydrogen-bond acceptors (Lipinski definition) is 3. The number of aromatic nitrogens is 1. The maximum Gasteiger partial charge on any atom is 0.226 e. The van der Waals surface area contributed by atoms with Gasteiger partial charge in [-0.2, -0.15) is 0 Å². The summed E-state index contributed by atoms with van der Waals surface area (Å²) >= 11 is 0. The Morgan fingerprint density at radius 1 is 1.11 bits per heavy atom. The molecule has 0 radical (unpaired) electrons. The smallest absolute Gasteiger partial charge is 0.226 e. The molecule has 2 aromatic carbocycles. The van der Waals surface area contributed by atoms with Crippen molar-refractivity contribution in [3.05, 3.63) is 71.9 Å². The van der Waals surface area contributed by atoms with Crippen molar-refractivity contribution in [3.8, 4) is 0 Å². The molecular weight excluding hydrogens is 338 g/mol. The highest BCUT2D eigenvalue weighted by molar-refractivity contribution is 6.01. The van der Waals surface area contributed by atoms with Crippen molar-refractivity contribution in [2.75, 3.05) is 11.9 Å². The van der Waals surface area contributed by atoms with E-state index in [1.807, 2.05) is 48.5 Å². The van der Waals surface area contributed by atoms with Crippen LogP contribution in [0.5, 0.6) is 0 Å². The van der Waals surface area contributed by atoms with E-state index in [9.17, 15) is 9.59 Å². The minimum absolute atomic E-state index is 0.00309.